The minimum absolute atomic E-state index is 0.532. The van der Waals surface area contributed by atoms with E-state index in [0.717, 1.165) is 18.7 Å². The fourth-order valence-electron chi connectivity index (χ4n) is 1.28. The van der Waals surface area contributed by atoms with Gasteiger partial charge in [0, 0.05) is 12.2 Å². The number of nitrogen functional groups attached to an aromatic ring is 1. The first-order chi connectivity index (χ1) is 7.13. The smallest absolute Gasteiger partial charge is 0.101 e. The van der Waals surface area contributed by atoms with Crippen LogP contribution in [-0.2, 0) is 0 Å². The second-order valence-electron chi connectivity index (χ2n) is 4.02. The van der Waals surface area contributed by atoms with Gasteiger partial charge in [0.25, 0.3) is 0 Å². The van der Waals surface area contributed by atoms with E-state index in [-0.39, 0.29) is 0 Å². The van der Waals surface area contributed by atoms with Crippen molar-refractivity contribution in [3.05, 3.63) is 23.8 Å². The molecule has 0 amide bonds. The van der Waals surface area contributed by atoms with Gasteiger partial charge in [0.2, 0.25) is 0 Å². The summed E-state index contributed by atoms with van der Waals surface area (Å²) in [6.07, 6.45) is 1.12. The third-order valence-electron chi connectivity index (χ3n) is 2.22. The molecule has 1 aromatic rings. The fraction of sp³-hybridized carbons (Fsp3) is 0.417. The van der Waals surface area contributed by atoms with Crippen LogP contribution in [0, 0.1) is 17.2 Å². The van der Waals surface area contributed by atoms with Gasteiger partial charge in [-0.2, -0.15) is 5.26 Å². The molecule has 3 nitrogen and oxygen atoms in total. The zero-order valence-corrected chi connectivity index (χ0v) is 9.25. The minimum atomic E-state index is 0.532. The Hall–Kier alpha value is -1.69. The molecule has 15 heavy (non-hydrogen) atoms. The van der Waals surface area contributed by atoms with Crippen molar-refractivity contribution >= 4 is 11.4 Å². The SMILES string of the molecule is CC(C)CCNc1ccc(C#N)c(N)c1. The van der Waals surface area contributed by atoms with Crippen LogP contribution in [0.3, 0.4) is 0 Å². The fourth-order valence-corrected chi connectivity index (χ4v) is 1.28. The Morgan fingerprint density at radius 2 is 2.20 bits per heavy atom. The van der Waals surface area contributed by atoms with Crippen molar-refractivity contribution in [1.29, 1.82) is 5.26 Å². The first-order valence-electron chi connectivity index (χ1n) is 5.17. The molecule has 1 aromatic carbocycles. The molecule has 0 aliphatic heterocycles. The van der Waals surface area contributed by atoms with Crippen molar-refractivity contribution in [2.24, 2.45) is 5.92 Å². The lowest BCUT2D eigenvalue weighted by Gasteiger charge is -2.09. The van der Waals surface area contributed by atoms with Crippen molar-refractivity contribution in [3.63, 3.8) is 0 Å². The second-order valence-corrected chi connectivity index (χ2v) is 4.02. The summed E-state index contributed by atoms with van der Waals surface area (Å²) in [6.45, 7) is 5.31. The molecule has 0 atom stereocenters. The van der Waals surface area contributed by atoms with E-state index in [9.17, 15) is 0 Å². The number of hydrogen-bond acceptors (Lipinski definition) is 3. The number of rotatable bonds is 4. The summed E-state index contributed by atoms with van der Waals surface area (Å²) in [5.41, 5.74) is 7.75. The number of hydrogen-bond donors (Lipinski definition) is 2. The van der Waals surface area contributed by atoms with E-state index in [1.165, 1.54) is 0 Å². The highest BCUT2D eigenvalue weighted by molar-refractivity contribution is 5.62. The minimum Gasteiger partial charge on any atom is -0.398 e. The van der Waals surface area contributed by atoms with Crippen LogP contribution in [0.15, 0.2) is 18.2 Å². The zero-order chi connectivity index (χ0) is 11.3. The van der Waals surface area contributed by atoms with Gasteiger partial charge in [-0.05, 0) is 30.5 Å². The van der Waals surface area contributed by atoms with Gasteiger partial charge in [0.05, 0.1) is 11.3 Å². The Balaban J connectivity index is 2.57. The number of nitrogens with zero attached hydrogens (tertiary/aromatic N) is 1. The third kappa shape index (κ3) is 3.51. The molecule has 0 bridgehead atoms. The number of nitrogens with one attached hydrogen (secondary N) is 1. The van der Waals surface area contributed by atoms with Gasteiger partial charge in [-0.15, -0.1) is 0 Å². The van der Waals surface area contributed by atoms with Crippen molar-refractivity contribution in [2.75, 3.05) is 17.6 Å². The van der Waals surface area contributed by atoms with Gasteiger partial charge in [0.1, 0.15) is 6.07 Å². The van der Waals surface area contributed by atoms with Crippen LogP contribution in [0.2, 0.25) is 0 Å². The maximum atomic E-state index is 8.71. The molecule has 0 saturated heterocycles. The van der Waals surface area contributed by atoms with Crippen molar-refractivity contribution in [2.45, 2.75) is 20.3 Å². The highest BCUT2D eigenvalue weighted by Gasteiger charge is 1.99. The van der Waals surface area contributed by atoms with Crippen LogP contribution in [0.1, 0.15) is 25.8 Å². The van der Waals surface area contributed by atoms with Gasteiger partial charge in [0.15, 0.2) is 0 Å². The van der Waals surface area contributed by atoms with E-state index in [1.54, 1.807) is 12.1 Å². The molecule has 0 aliphatic carbocycles. The van der Waals surface area contributed by atoms with Crippen LogP contribution >= 0.6 is 0 Å². The van der Waals surface area contributed by atoms with Gasteiger partial charge in [-0.1, -0.05) is 13.8 Å². The van der Waals surface area contributed by atoms with Crippen LogP contribution in [0.5, 0.6) is 0 Å². The summed E-state index contributed by atoms with van der Waals surface area (Å²) in [5, 5.41) is 12.0. The number of nitrogens with two attached hydrogens (primary N) is 1. The Morgan fingerprint density at radius 3 is 2.73 bits per heavy atom. The molecular weight excluding hydrogens is 186 g/mol. The Bertz CT molecular complexity index is 364. The summed E-state index contributed by atoms with van der Waals surface area (Å²) >= 11 is 0. The second kappa shape index (κ2) is 5.26. The predicted molar refractivity (Wildman–Crippen MR) is 63.5 cm³/mol. The summed E-state index contributed by atoms with van der Waals surface area (Å²) in [4.78, 5) is 0. The monoisotopic (exact) mass is 203 g/mol. The Kier molecular flexibility index (Phi) is 3.99. The maximum absolute atomic E-state index is 8.71. The van der Waals surface area contributed by atoms with Crippen LogP contribution in [0.4, 0.5) is 11.4 Å². The average molecular weight is 203 g/mol. The molecule has 0 fully saturated rings. The van der Waals surface area contributed by atoms with E-state index in [2.05, 4.69) is 19.2 Å². The maximum Gasteiger partial charge on any atom is 0.101 e. The van der Waals surface area contributed by atoms with Gasteiger partial charge < -0.3 is 11.1 Å². The van der Waals surface area contributed by atoms with Crippen molar-refractivity contribution in [1.82, 2.24) is 0 Å². The molecule has 0 spiro atoms. The van der Waals surface area contributed by atoms with Crippen molar-refractivity contribution in [3.8, 4) is 6.07 Å². The van der Waals surface area contributed by atoms with E-state index >= 15 is 0 Å². The lowest BCUT2D eigenvalue weighted by Crippen LogP contribution is -2.05. The lowest BCUT2D eigenvalue weighted by molar-refractivity contribution is 0.607. The largest absolute Gasteiger partial charge is 0.398 e. The summed E-state index contributed by atoms with van der Waals surface area (Å²) in [5.74, 6) is 0.688. The van der Waals surface area contributed by atoms with E-state index < -0.39 is 0 Å². The molecule has 0 aromatic heterocycles. The quantitative estimate of drug-likeness (QED) is 0.739. The zero-order valence-electron chi connectivity index (χ0n) is 9.25. The van der Waals surface area contributed by atoms with Crippen molar-refractivity contribution < 1.29 is 0 Å². The Morgan fingerprint density at radius 1 is 1.47 bits per heavy atom. The molecule has 80 valence electrons. The number of benzene rings is 1. The first kappa shape index (κ1) is 11.4. The molecule has 0 aliphatic rings. The molecule has 3 heteroatoms. The summed E-state index contributed by atoms with van der Waals surface area (Å²) in [6, 6.07) is 7.48. The first-order valence-corrected chi connectivity index (χ1v) is 5.17. The average Bonchev–Trinajstić information content (AvgIpc) is 2.17. The third-order valence-corrected chi connectivity index (χ3v) is 2.22. The van der Waals surface area contributed by atoms with E-state index in [4.69, 9.17) is 11.0 Å². The molecule has 1 rings (SSSR count). The van der Waals surface area contributed by atoms with Crippen LogP contribution in [0.25, 0.3) is 0 Å². The van der Waals surface area contributed by atoms with E-state index in [1.807, 2.05) is 12.1 Å². The normalized spacial score (nSPS) is 10.0. The summed E-state index contributed by atoms with van der Waals surface area (Å²) in [7, 11) is 0. The van der Waals surface area contributed by atoms with Crippen LogP contribution < -0.4 is 11.1 Å². The lowest BCUT2D eigenvalue weighted by atomic mass is 10.1. The van der Waals surface area contributed by atoms with Gasteiger partial charge >= 0.3 is 0 Å². The molecule has 0 unspecified atom stereocenters. The summed E-state index contributed by atoms with van der Waals surface area (Å²) < 4.78 is 0. The van der Waals surface area contributed by atoms with Gasteiger partial charge in [-0.3, -0.25) is 0 Å². The molecule has 0 saturated carbocycles. The highest BCUT2D eigenvalue weighted by Crippen LogP contribution is 2.17. The molecule has 3 N–H and O–H groups in total. The van der Waals surface area contributed by atoms with Gasteiger partial charge in [-0.25, -0.2) is 0 Å². The van der Waals surface area contributed by atoms with Crippen LogP contribution in [-0.4, -0.2) is 6.54 Å². The molecule has 0 heterocycles. The standard InChI is InChI=1S/C12H17N3/c1-9(2)5-6-15-11-4-3-10(8-13)12(14)7-11/h3-4,7,9,15H,5-6,14H2,1-2H3. The topological polar surface area (TPSA) is 61.8 Å². The Labute approximate surface area is 90.9 Å². The highest BCUT2D eigenvalue weighted by atomic mass is 14.9. The predicted octanol–water partition coefficient (Wildman–Crippen LogP) is 2.60. The van der Waals surface area contributed by atoms with E-state index in [0.29, 0.717) is 17.2 Å². The number of anilines is 2. The molecular formula is C12H17N3. The molecule has 0 radical (unpaired) electrons. The number of nitriles is 1.